The highest BCUT2D eigenvalue weighted by atomic mass is 32.2. The minimum absolute atomic E-state index is 0.0188. The number of alkyl halides is 3. The molecule has 0 bridgehead atoms. The number of hydrogen-bond acceptors (Lipinski definition) is 6. The molecule has 25 heavy (non-hydrogen) atoms. The number of methoxy groups -OCH3 is 1. The molecule has 1 aromatic heterocycles. The number of nitrogens with zero attached hydrogens (tertiary/aromatic N) is 3. The molecule has 0 radical (unpaired) electrons. The fourth-order valence-electron chi connectivity index (χ4n) is 2.87. The number of ether oxygens (including phenoxy) is 1. The fraction of sp³-hybridized carbons (Fsp3) is 0.467. The Morgan fingerprint density at radius 1 is 1.28 bits per heavy atom. The third-order valence-corrected chi connectivity index (χ3v) is 5.98. The molecule has 2 aromatic rings. The Balaban J connectivity index is 2.15. The third kappa shape index (κ3) is 3.48. The zero-order valence-electron chi connectivity index (χ0n) is 13.5. The van der Waals surface area contributed by atoms with Crippen molar-refractivity contribution in [2.24, 2.45) is 0 Å². The van der Waals surface area contributed by atoms with Crippen LogP contribution in [0.5, 0.6) is 5.75 Å². The molecule has 1 aliphatic rings. The zero-order chi connectivity index (χ0) is 18.4. The standard InChI is InChI=1S/C15H16F3N3O3S/c1-21(9-5-6-25(22,23)8-9)13-11-4-3-10(24-2)7-12(11)19-14(20-13)15(16,17)18/h3-4,7,9H,5-6,8H2,1-2H3/t9-/m0/s1. The lowest BCUT2D eigenvalue weighted by molar-refractivity contribution is -0.144. The largest absolute Gasteiger partial charge is 0.497 e. The van der Waals surface area contributed by atoms with Crippen molar-refractivity contribution < 1.29 is 26.3 Å². The first-order valence-corrected chi connectivity index (χ1v) is 9.29. The minimum Gasteiger partial charge on any atom is -0.497 e. The second-order valence-electron chi connectivity index (χ2n) is 5.92. The molecule has 0 amide bonds. The van der Waals surface area contributed by atoms with Gasteiger partial charge in [0.15, 0.2) is 9.84 Å². The van der Waals surface area contributed by atoms with Gasteiger partial charge in [0.1, 0.15) is 11.6 Å². The Bertz CT molecular complexity index is 915. The molecule has 1 aromatic carbocycles. The Morgan fingerprint density at radius 3 is 2.56 bits per heavy atom. The lowest BCUT2D eigenvalue weighted by Crippen LogP contribution is -2.34. The summed E-state index contributed by atoms with van der Waals surface area (Å²) in [5.41, 5.74) is 0.0874. The molecule has 0 spiro atoms. The summed E-state index contributed by atoms with van der Waals surface area (Å²) in [6.45, 7) is 0. The first-order valence-electron chi connectivity index (χ1n) is 7.47. The van der Waals surface area contributed by atoms with E-state index in [0.29, 0.717) is 17.6 Å². The molecule has 0 unspecified atom stereocenters. The van der Waals surface area contributed by atoms with E-state index in [1.165, 1.54) is 18.1 Å². The predicted octanol–water partition coefficient (Wildman–Crippen LogP) is 2.28. The first kappa shape index (κ1) is 17.7. The highest BCUT2D eigenvalue weighted by molar-refractivity contribution is 7.91. The normalized spacial score (nSPS) is 20.0. The van der Waals surface area contributed by atoms with Crippen molar-refractivity contribution in [2.75, 3.05) is 30.6 Å². The van der Waals surface area contributed by atoms with E-state index in [2.05, 4.69) is 9.97 Å². The van der Waals surface area contributed by atoms with E-state index in [1.54, 1.807) is 19.2 Å². The van der Waals surface area contributed by atoms with Gasteiger partial charge in [0, 0.05) is 24.5 Å². The van der Waals surface area contributed by atoms with Gasteiger partial charge in [-0.05, 0) is 18.6 Å². The lowest BCUT2D eigenvalue weighted by atomic mass is 10.1. The third-order valence-electron chi connectivity index (χ3n) is 4.23. The second kappa shape index (κ2) is 6.01. The summed E-state index contributed by atoms with van der Waals surface area (Å²) in [5.74, 6) is -0.924. The molecule has 136 valence electrons. The van der Waals surface area contributed by atoms with Gasteiger partial charge in [-0.2, -0.15) is 13.2 Å². The van der Waals surface area contributed by atoms with Crippen LogP contribution in [0, 0.1) is 0 Å². The maximum atomic E-state index is 13.2. The SMILES string of the molecule is COc1ccc2c(N(C)[C@H]3CCS(=O)(=O)C3)nc(C(F)(F)F)nc2c1. The molecular formula is C15H16F3N3O3S. The van der Waals surface area contributed by atoms with E-state index in [-0.39, 0.29) is 22.8 Å². The van der Waals surface area contributed by atoms with Crippen LogP contribution in [-0.2, 0) is 16.0 Å². The van der Waals surface area contributed by atoms with Crippen molar-refractivity contribution >= 4 is 26.6 Å². The number of hydrogen-bond donors (Lipinski definition) is 0. The van der Waals surface area contributed by atoms with Crippen molar-refractivity contribution in [1.82, 2.24) is 9.97 Å². The molecule has 1 aliphatic heterocycles. The van der Waals surface area contributed by atoms with Crippen molar-refractivity contribution in [1.29, 1.82) is 0 Å². The molecular weight excluding hydrogens is 359 g/mol. The van der Waals surface area contributed by atoms with E-state index in [4.69, 9.17) is 4.74 Å². The van der Waals surface area contributed by atoms with Gasteiger partial charge in [0.05, 0.1) is 24.1 Å². The van der Waals surface area contributed by atoms with Crippen molar-refractivity contribution in [2.45, 2.75) is 18.6 Å². The van der Waals surface area contributed by atoms with Gasteiger partial charge < -0.3 is 9.64 Å². The van der Waals surface area contributed by atoms with Crippen LogP contribution >= 0.6 is 0 Å². The highest BCUT2D eigenvalue weighted by Gasteiger charge is 2.37. The second-order valence-corrected chi connectivity index (χ2v) is 8.15. The van der Waals surface area contributed by atoms with Gasteiger partial charge in [0.2, 0.25) is 5.82 Å². The summed E-state index contributed by atoms with van der Waals surface area (Å²) in [6, 6.07) is 4.14. The summed E-state index contributed by atoms with van der Waals surface area (Å²) in [7, 11) is -0.219. The van der Waals surface area contributed by atoms with Gasteiger partial charge >= 0.3 is 6.18 Å². The Labute approximate surface area is 142 Å². The average Bonchev–Trinajstić information content (AvgIpc) is 2.91. The molecule has 1 atom stereocenters. The van der Waals surface area contributed by atoms with E-state index < -0.39 is 27.9 Å². The van der Waals surface area contributed by atoms with Crippen LogP contribution in [0.2, 0.25) is 0 Å². The molecule has 3 rings (SSSR count). The maximum Gasteiger partial charge on any atom is 0.451 e. The number of rotatable bonds is 3. The number of anilines is 1. The van der Waals surface area contributed by atoms with E-state index in [9.17, 15) is 21.6 Å². The fourth-order valence-corrected chi connectivity index (χ4v) is 4.64. The highest BCUT2D eigenvalue weighted by Crippen LogP contribution is 2.34. The van der Waals surface area contributed by atoms with Crippen molar-refractivity contribution in [3.63, 3.8) is 0 Å². The van der Waals surface area contributed by atoms with Gasteiger partial charge in [-0.1, -0.05) is 0 Å². The monoisotopic (exact) mass is 375 g/mol. The first-order chi connectivity index (χ1) is 11.6. The summed E-state index contributed by atoms with van der Waals surface area (Å²) in [4.78, 5) is 8.76. The van der Waals surface area contributed by atoms with Crippen LogP contribution in [0.4, 0.5) is 19.0 Å². The van der Waals surface area contributed by atoms with Crippen LogP contribution in [0.1, 0.15) is 12.2 Å². The van der Waals surface area contributed by atoms with Crippen LogP contribution in [0.25, 0.3) is 10.9 Å². The van der Waals surface area contributed by atoms with E-state index >= 15 is 0 Å². The summed E-state index contributed by atoms with van der Waals surface area (Å²) >= 11 is 0. The Morgan fingerprint density at radius 2 is 2.00 bits per heavy atom. The number of benzene rings is 1. The number of halogens is 3. The van der Waals surface area contributed by atoms with E-state index in [0.717, 1.165) is 0 Å². The quantitative estimate of drug-likeness (QED) is 0.820. The topological polar surface area (TPSA) is 72.4 Å². The van der Waals surface area contributed by atoms with Gasteiger partial charge in [0.25, 0.3) is 0 Å². The molecule has 10 heteroatoms. The molecule has 0 saturated carbocycles. The van der Waals surface area contributed by atoms with E-state index in [1.807, 2.05) is 0 Å². The molecule has 0 aliphatic carbocycles. The number of aromatic nitrogens is 2. The maximum absolute atomic E-state index is 13.2. The van der Waals surface area contributed by atoms with Crippen LogP contribution in [0.3, 0.4) is 0 Å². The smallest absolute Gasteiger partial charge is 0.451 e. The number of sulfone groups is 1. The van der Waals surface area contributed by atoms with Gasteiger partial charge in [-0.25, -0.2) is 18.4 Å². The Hall–Kier alpha value is -2.10. The molecule has 0 N–H and O–H groups in total. The molecule has 6 nitrogen and oxygen atoms in total. The summed E-state index contributed by atoms with van der Waals surface area (Å²) in [5, 5.41) is 0.403. The molecule has 2 heterocycles. The van der Waals surface area contributed by atoms with Crippen LogP contribution < -0.4 is 9.64 Å². The zero-order valence-corrected chi connectivity index (χ0v) is 14.4. The number of fused-ring (bicyclic) bond motifs is 1. The van der Waals surface area contributed by atoms with Crippen molar-refractivity contribution in [3.8, 4) is 5.75 Å². The lowest BCUT2D eigenvalue weighted by Gasteiger charge is -2.26. The average molecular weight is 375 g/mol. The van der Waals surface area contributed by atoms with Crippen LogP contribution in [-0.4, -0.2) is 50.1 Å². The predicted molar refractivity (Wildman–Crippen MR) is 86.6 cm³/mol. The molecule has 1 saturated heterocycles. The minimum atomic E-state index is -4.71. The Kier molecular flexibility index (Phi) is 4.26. The van der Waals surface area contributed by atoms with Gasteiger partial charge in [-0.15, -0.1) is 0 Å². The molecule has 1 fully saturated rings. The van der Waals surface area contributed by atoms with Gasteiger partial charge in [-0.3, -0.25) is 0 Å². The van der Waals surface area contributed by atoms with Crippen LogP contribution in [0.15, 0.2) is 18.2 Å². The van der Waals surface area contributed by atoms with Crippen molar-refractivity contribution in [3.05, 3.63) is 24.0 Å². The summed E-state index contributed by atoms with van der Waals surface area (Å²) in [6.07, 6.45) is -4.36. The summed E-state index contributed by atoms with van der Waals surface area (Å²) < 4.78 is 67.9.